The Bertz CT molecular complexity index is 1040. The van der Waals surface area contributed by atoms with E-state index in [1.54, 1.807) is 26.4 Å². The summed E-state index contributed by atoms with van der Waals surface area (Å²) in [6.07, 6.45) is 5.05. The van der Waals surface area contributed by atoms with Crippen LogP contribution in [0.2, 0.25) is 0 Å². The summed E-state index contributed by atoms with van der Waals surface area (Å²) in [4.78, 5) is 19.2. The number of carbonyl (C=O) groups excluding carboxylic acids is 1. The predicted molar refractivity (Wildman–Crippen MR) is 121 cm³/mol. The van der Waals surface area contributed by atoms with Crippen LogP contribution in [-0.2, 0) is 6.54 Å². The molecule has 168 valence electrons. The highest BCUT2D eigenvalue weighted by atomic mass is 16.5. The van der Waals surface area contributed by atoms with E-state index in [1.165, 1.54) is 31.4 Å². The number of nitrogens with one attached hydrogen (secondary N) is 1. The number of anilines is 1. The number of nitrogens with zero attached hydrogens (tertiary/aromatic N) is 3. The van der Waals surface area contributed by atoms with Crippen molar-refractivity contribution >= 4 is 11.6 Å². The molecule has 2 heterocycles. The SMILES string of the molecule is COc1ccc(OC)c(CNC(=O)c2nc(-c3ccc(N4CCCCCC4)cc3)no2)c1. The van der Waals surface area contributed by atoms with E-state index in [2.05, 4.69) is 32.5 Å². The molecule has 0 atom stereocenters. The van der Waals surface area contributed by atoms with Crippen molar-refractivity contribution in [2.24, 2.45) is 0 Å². The van der Waals surface area contributed by atoms with Crippen molar-refractivity contribution < 1.29 is 18.8 Å². The zero-order valence-electron chi connectivity index (χ0n) is 18.5. The maximum Gasteiger partial charge on any atom is 0.316 e. The Morgan fingerprint density at radius 2 is 1.78 bits per heavy atom. The topological polar surface area (TPSA) is 89.7 Å². The van der Waals surface area contributed by atoms with Crippen molar-refractivity contribution in [2.45, 2.75) is 32.2 Å². The zero-order chi connectivity index (χ0) is 22.3. The molecule has 3 aromatic rings. The van der Waals surface area contributed by atoms with Crippen LogP contribution in [0.1, 0.15) is 41.9 Å². The Labute approximate surface area is 187 Å². The van der Waals surface area contributed by atoms with Gasteiger partial charge in [-0.25, -0.2) is 0 Å². The van der Waals surface area contributed by atoms with E-state index < -0.39 is 5.91 Å². The molecule has 1 aliphatic heterocycles. The van der Waals surface area contributed by atoms with Gasteiger partial charge in [0.1, 0.15) is 11.5 Å². The predicted octanol–water partition coefficient (Wildman–Crippen LogP) is 4.06. The van der Waals surface area contributed by atoms with Gasteiger partial charge in [-0.15, -0.1) is 0 Å². The highest BCUT2D eigenvalue weighted by molar-refractivity contribution is 5.89. The average Bonchev–Trinajstić information content (AvgIpc) is 3.18. The number of benzene rings is 2. The molecule has 1 aliphatic rings. The first-order chi connectivity index (χ1) is 15.7. The minimum Gasteiger partial charge on any atom is -0.497 e. The van der Waals surface area contributed by atoms with Crippen LogP contribution in [0.15, 0.2) is 47.0 Å². The summed E-state index contributed by atoms with van der Waals surface area (Å²) >= 11 is 0. The molecule has 0 radical (unpaired) electrons. The molecule has 2 aromatic carbocycles. The van der Waals surface area contributed by atoms with Crippen molar-refractivity contribution in [3.63, 3.8) is 0 Å². The first-order valence-electron chi connectivity index (χ1n) is 10.9. The number of hydrogen-bond donors (Lipinski definition) is 1. The fourth-order valence-electron chi connectivity index (χ4n) is 3.85. The molecule has 1 aromatic heterocycles. The third-order valence-corrected chi connectivity index (χ3v) is 5.64. The van der Waals surface area contributed by atoms with E-state index in [0.717, 1.165) is 24.2 Å². The summed E-state index contributed by atoms with van der Waals surface area (Å²) in [6.45, 7) is 2.41. The van der Waals surface area contributed by atoms with E-state index in [9.17, 15) is 4.79 Å². The number of aromatic nitrogens is 2. The molecule has 32 heavy (non-hydrogen) atoms. The molecule has 0 bridgehead atoms. The number of carbonyl (C=O) groups is 1. The lowest BCUT2D eigenvalue weighted by atomic mass is 10.2. The van der Waals surface area contributed by atoms with Gasteiger partial charge in [-0.1, -0.05) is 18.0 Å². The Morgan fingerprint density at radius 1 is 1.03 bits per heavy atom. The minimum absolute atomic E-state index is 0.0848. The van der Waals surface area contributed by atoms with E-state index >= 15 is 0 Å². The molecule has 0 unspecified atom stereocenters. The van der Waals surface area contributed by atoms with Gasteiger partial charge >= 0.3 is 11.8 Å². The summed E-state index contributed by atoms with van der Waals surface area (Å²) in [5, 5.41) is 6.76. The monoisotopic (exact) mass is 436 g/mol. The fraction of sp³-hybridized carbons (Fsp3) is 0.375. The van der Waals surface area contributed by atoms with Crippen LogP contribution in [0.3, 0.4) is 0 Å². The van der Waals surface area contributed by atoms with Gasteiger partial charge in [-0.05, 0) is 55.3 Å². The lowest BCUT2D eigenvalue weighted by Crippen LogP contribution is -2.23. The molecule has 8 nitrogen and oxygen atoms in total. The summed E-state index contributed by atoms with van der Waals surface area (Å²) in [7, 11) is 3.17. The standard InChI is InChI=1S/C24H28N4O4/c1-30-20-11-12-21(31-2)18(15-20)16-25-23(29)24-26-22(27-32-24)17-7-9-19(10-8-17)28-13-5-3-4-6-14-28/h7-12,15H,3-6,13-14,16H2,1-2H3,(H,25,29). The molecule has 1 amide bonds. The fourth-order valence-corrected chi connectivity index (χ4v) is 3.85. The third-order valence-electron chi connectivity index (χ3n) is 5.64. The molecular formula is C24H28N4O4. The van der Waals surface area contributed by atoms with Crippen molar-refractivity contribution in [1.82, 2.24) is 15.5 Å². The van der Waals surface area contributed by atoms with Gasteiger partial charge in [-0.3, -0.25) is 4.79 Å². The van der Waals surface area contributed by atoms with Crippen LogP contribution in [0.25, 0.3) is 11.4 Å². The number of methoxy groups -OCH3 is 2. The number of rotatable bonds is 7. The van der Waals surface area contributed by atoms with E-state index in [-0.39, 0.29) is 12.4 Å². The smallest absolute Gasteiger partial charge is 0.316 e. The summed E-state index contributed by atoms with van der Waals surface area (Å²) in [5.74, 6) is 1.19. The van der Waals surface area contributed by atoms with Gasteiger partial charge < -0.3 is 24.2 Å². The van der Waals surface area contributed by atoms with E-state index in [4.69, 9.17) is 14.0 Å². The van der Waals surface area contributed by atoms with Crippen LogP contribution < -0.4 is 19.7 Å². The van der Waals surface area contributed by atoms with Gasteiger partial charge in [0.2, 0.25) is 5.82 Å². The molecule has 4 rings (SSSR count). The summed E-state index contributed by atoms with van der Waals surface area (Å²) in [5.41, 5.74) is 2.79. The average molecular weight is 437 g/mol. The zero-order valence-corrected chi connectivity index (χ0v) is 18.5. The number of hydrogen-bond acceptors (Lipinski definition) is 7. The van der Waals surface area contributed by atoms with E-state index in [0.29, 0.717) is 17.3 Å². The lowest BCUT2D eigenvalue weighted by molar-refractivity contribution is 0.0906. The van der Waals surface area contributed by atoms with Crippen LogP contribution >= 0.6 is 0 Å². The molecule has 1 saturated heterocycles. The molecule has 1 N–H and O–H groups in total. The Kier molecular flexibility index (Phi) is 6.89. The van der Waals surface area contributed by atoms with Crippen LogP contribution in [0.5, 0.6) is 11.5 Å². The molecule has 0 saturated carbocycles. The van der Waals surface area contributed by atoms with Crippen molar-refractivity contribution in [3.05, 3.63) is 53.9 Å². The van der Waals surface area contributed by atoms with Gasteiger partial charge in [0.25, 0.3) is 0 Å². The maximum absolute atomic E-state index is 12.5. The van der Waals surface area contributed by atoms with Gasteiger partial charge in [0.15, 0.2) is 0 Å². The van der Waals surface area contributed by atoms with Crippen LogP contribution in [-0.4, -0.2) is 43.4 Å². The second kappa shape index (κ2) is 10.2. The highest BCUT2D eigenvalue weighted by Gasteiger charge is 2.17. The number of ether oxygens (including phenoxy) is 2. The van der Waals surface area contributed by atoms with Crippen molar-refractivity contribution in [1.29, 1.82) is 0 Å². The number of amides is 1. The van der Waals surface area contributed by atoms with Crippen molar-refractivity contribution in [2.75, 3.05) is 32.2 Å². The molecule has 8 heteroatoms. The van der Waals surface area contributed by atoms with Gasteiger partial charge in [0.05, 0.1) is 14.2 Å². The highest BCUT2D eigenvalue weighted by Crippen LogP contribution is 2.25. The molecule has 0 spiro atoms. The molecule has 1 fully saturated rings. The Morgan fingerprint density at radius 3 is 2.47 bits per heavy atom. The first-order valence-corrected chi connectivity index (χ1v) is 10.9. The quantitative estimate of drug-likeness (QED) is 0.597. The minimum atomic E-state index is -0.449. The second-order valence-corrected chi connectivity index (χ2v) is 7.73. The van der Waals surface area contributed by atoms with Crippen LogP contribution in [0.4, 0.5) is 5.69 Å². The van der Waals surface area contributed by atoms with Gasteiger partial charge in [0, 0.05) is 36.4 Å². The molecule has 0 aliphatic carbocycles. The molecular weight excluding hydrogens is 408 g/mol. The largest absolute Gasteiger partial charge is 0.497 e. The van der Waals surface area contributed by atoms with Gasteiger partial charge in [-0.2, -0.15) is 4.98 Å². The third kappa shape index (κ3) is 5.01. The normalized spacial score (nSPS) is 14.0. The lowest BCUT2D eigenvalue weighted by Gasteiger charge is -2.22. The second-order valence-electron chi connectivity index (χ2n) is 7.73. The maximum atomic E-state index is 12.5. The summed E-state index contributed by atoms with van der Waals surface area (Å²) < 4.78 is 15.8. The summed E-state index contributed by atoms with van der Waals surface area (Å²) in [6, 6.07) is 13.5. The van der Waals surface area contributed by atoms with Crippen LogP contribution in [0, 0.1) is 0 Å². The van der Waals surface area contributed by atoms with E-state index in [1.807, 2.05) is 18.2 Å². The Balaban J connectivity index is 1.40. The van der Waals surface area contributed by atoms with Crippen molar-refractivity contribution in [3.8, 4) is 22.9 Å². The Hall–Kier alpha value is -3.55. The first kappa shape index (κ1) is 21.7.